The molecule has 0 atom stereocenters. The van der Waals surface area contributed by atoms with Crippen LogP contribution in [0.1, 0.15) is 47.9 Å². The lowest BCUT2D eigenvalue weighted by molar-refractivity contribution is -0.132. The molecule has 140 valence electrons. The highest BCUT2D eigenvalue weighted by atomic mass is 32.2. The van der Waals surface area contributed by atoms with Crippen LogP contribution in [-0.2, 0) is 21.4 Å². The van der Waals surface area contributed by atoms with Crippen LogP contribution in [0.2, 0.25) is 0 Å². The Morgan fingerprint density at radius 1 is 1.24 bits per heavy atom. The molecule has 2 rings (SSSR count). The molecule has 2 heterocycles. The van der Waals surface area contributed by atoms with Gasteiger partial charge in [0.15, 0.2) is 5.78 Å². The molecule has 1 aromatic heterocycles. The molecule has 1 amide bonds. The fourth-order valence-electron chi connectivity index (χ4n) is 3.33. The van der Waals surface area contributed by atoms with Gasteiger partial charge in [0.25, 0.3) is 0 Å². The lowest BCUT2D eigenvalue weighted by Crippen LogP contribution is -2.46. The van der Waals surface area contributed by atoms with E-state index in [9.17, 15) is 18.0 Å². The Kier molecular flexibility index (Phi) is 5.99. The number of rotatable bonds is 6. The number of hydrogen-bond acceptors (Lipinski definition) is 5. The van der Waals surface area contributed by atoms with E-state index in [-0.39, 0.29) is 17.7 Å². The number of aromatic nitrogens is 2. The van der Waals surface area contributed by atoms with E-state index in [1.54, 1.807) is 16.5 Å². The van der Waals surface area contributed by atoms with Gasteiger partial charge >= 0.3 is 0 Å². The molecule has 0 saturated carbocycles. The maximum Gasteiger partial charge on any atom is 0.224 e. The molecular formula is C16H26N4O4S. The average Bonchev–Trinajstić information content (AvgIpc) is 2.78. The summed E-state index contributed by atoms with van der Waals surface area (Å²) in [5, 5.41) is 4.35. The number of amides is 1. The van der Waals surface area contributed by atoms with Crippen molar-refractivity contribution in [1.29, 1.82) is 0 Å². The average molecular weight is 370 g/mol. The van der Waals surface area contributed by atoms with E-state index in [0.717, 1.165) is 11.9 Å². The van der Waals surface area contributed by atoms with Crippen LogP contribution in [0.15, 0.2) is 0 Å². The van der Waals surface area contributed by atoms with Gasteiger partial charge in [-0.25, -0.2) is 13.1 Å². The summed E-state index contributed by atoms with van der Waals surface area (Å²) in [5.41, 5.74) is 2.10. The highest BCUT2D eigenvalue weighted by Gasteiger charge is 2.24. The third kappa shape index (κ3) is 5.12. The summed E-state index contributed by atoms with van der Waals surface area (Å²) in [4.78, 5) is 25.8. The van der Waals surface area contributed by atoms with E-state index in [1.807, 2.05) is 6.92 Å². The van der Waals surface area contributed by atoms with E-state index in [4.69, 9.17) is 0 Å². The molecule has 8 nitrogen and oxygen atoms in total. The monoisotopic (exact) mass is 370 g/mol. The fourth-order valence-corrected chi connectivity index (χ4v) is 4.17. The van der Waals surface area contributed by atoms with E-state index in [2.05, 4.69) is 9.82 Å². The fraction of sp³-hybridized carbons (Fsp3) is 0.688. The second-order valence-electron chi connectivity index (χ2n) is 6.62. The van der Waals surface area contributed by atoms with Gasteiger partial charge < -0.3 is 4.90 Å². The second-order valence-corrected chi connectivity index (χ2v) is 8.40. The third-order valence-corrected chi connectivity index (χ3v) is 5.26. The van der Waals surface area contributed by atoms with Gasteiger partial charge in [0.1, 0.15) is 0 Å². The first-order valence-electron chi connectivity index (χ1n) is 8.38. The summed E-state index contributed by atoms with van der Waals surface area (Å²) in [6, 6.07) is -0.104. The van der Waals surface area contributed by atoms with E-state index < -0.39 is 10.0 Å². The summed E-state index contributed by atoms with van der Waals surface area (Å²) in [6.45, 7) is 6.66. The quantitative estimate of drug-likeness (QED) is 0.740. The van der Waals surface area contributed by atoms with Gasteiger partial charge in [0.2, 0.25) is 15.9 Å². The smallest absolute Gasteiger partial charge is 0.224 e. The summed E-state index contributed by atoms with van der Waals surface area (Å²) < 4.78 is 26.8. The molecule has 1 aliphatic rings. The van der Waals surface area contributed by atoms with Crippen molar-refractivity contribution in [2.75, 3.05) is 19.3 Å². The number of piperidine rings is 1. The van der Waals surface area contributed by atoms with Gasteiger partial charge in [-0.3, -0.25) is 14.3 Å². The largest absolute Gasteiger partial charge is 0.343 e. The Bertz CT molecular complexity index is 761. The SMILES string of the molecule is CC(=O)c1c(C)nn(CCC(=O)N2CCC(NS(C)(=O)=O)CC2)c1C. The zero-order valence-electron chi connectivity index (χ0n) is 15.2. The molecule has 1 aromatic rings. The van der Waals surface area contributed by atoms with Crippen molar-refractivity contribution in [1.82, 2.24) is 19.4 Å². The van der Waals surface area contributed by atoms with Crippen LogP contribution in [-0.4, -0.2) is 60.2 Å². The van der Waals surface area contributed by atoms with Crippen molar-refractivity contribution in [3.8, 4) is 0 Å². The Labute approximate surface area is 148 Å². The third-order valence-electron chi connectivity index (χ3n) is 4.50. The predicted octanol–water partition coefficient (Wildman–Crippen LogP) is 0.633. The zero-order valence-corrected chi connectivity index (χ0v) is 16.0. The number of nitrogens with one attached hydrogen (secondary N) is 1. The number of sulfonamides is 1. The predicted molar refractivity (Wildman–Crippen MR) is 93.9 cm³/mol. The molecule has 0 bridgehead atoms. The molecule has 0 radical (unpaired) electrons. The Hall–Kier alpha value is -1.74. The van der Waals surface area contributed by atoms with Crippen LogP contribution >= 0.6 is 0 Å². The van der Waals surface area contributed by atoms with Gasteiger partial charge in [-0.05, 0) is 33.6 Å². The highest BCUT2D eigenvalue weighted by molar-refractivity contribution is 7.88. The van der Waals surface area contributed by atoms with Crippen molar-refractivity contribution < 1.29 is 18.0 Å². The lowest BCUT2D eigenvalue weighted by atomic mass is 10.1. The molecular weight excluding hydrogens is 344 g/mol. The van der Waals surface area contributed by atoms with Crippen LogP contribution < -0.4 is 4.72 Å². The zero-order chi connectivity index (χ0) is 18.8. The lowest BCUT2D eigenvalue weighted by Gasteiger charge is -2.32. The minimum absolute atomic E-state index is 0.0203. The Morgan fingerprint density at radius 2 is 1.84 bits per heavy atom. The van der Waals surface area contributed by atoms with Crippen molar-refractivity contribution in [3.63, 3.8) is 0 Å². The molecule has 0 aromatic carbocycles. The van der Waals surface area contributed by atoms with E-state index >= 15 is 0 Å². The van der Waals surface area contributed by atoms with Gasteiger partial charge in [0.05, 0.1) is 17.5 Å². The topological polar surface area (TPSA) is 101 Å². The van der Waals surface area contributed by atoms with Crippen molar-refractivity contribution in [3.05, 3.63) is 17.0 Å². The molecule has 25 heavy (non-hydrogen) atoms. The van der Waals surface area contributed by atoms with Crippen molar-refractivity contribution >= 4 is 21.7 Å². The summed E-state index contributed by atoms with van der Waals surface area (Å²) in [5.74, 6) is 0.00255. The van der Waals surface area contributed by atoms with Crippen LogP contribution in [0, 0.1) is 13.8 Å². The molecule has 0 aliphatic carbocycles. The van der Waals surface area contributed by atoms with Crippen molar-refractivity contribution in [2.45, 2.75) is 52.6 Å². The number of Topliss-reactive ketones (excluding diaryl/α,β-unsaturated/α-hetero) is 1. The first kappa shape index (κ1) is 19.6. The van der Waals surface area contributed by atoms with Crippen molar-refractivity contribution in [2.24, 2.45) is 0 Å². The Balaban J connectivity index is 1.88. The number of hydrogen-bond donors (Lipinski definition) is 1. The minimum atomic E-state index is -3.21. The molecule has 1 saturated heterocycles. The standard InChI is InChI=1S/C16H26N4O4S/c1-11-16(13(3)21)12(2)20(17-11)10-7-15(22)19-8-5-14(6-9-19)18-25(4,23)24/h14,18H,5-10H2,1-4H3. The maximum absolute atomic E-state index is 12.4. The number of likely N-dealkylation sites (tertiary alicyclic amines) is 1. The number of aryl methyl sites for hydroxylation is 2. The van der Waals surface area contributed by atoms with Gasteiger partial charge in [0, 0.05) is 37.8 Å². The number of carbonyl (C=O) groups excluding carboxylic acids is 2. The molecule has 1 fully saturated rings. The molecule has 0 spiro atoms. The normalized spacial score (nSPS) is 16.2. The molecule has 1 aliphatic heterocycles. The Morgan fingerprint density at radius 3 is 2.32 bits per heavy atom. The van der Waals surface area contributed by atoms with E-state index in [1.165, 1.54) is 6.92 Å². The number of nitrogens with zero attached hydrogens (tertiary/aromatic N) is 3. The first-order valence-corrected chi connectivity index (χ1v) is 10.3. The summed E-state index contributed by atoms with van der Waals surface area (Å²) >= 11 is 0. The number of carbonyl (C=O) groups is 2. The molecule has 9 heteroatoms. The molecule has 0 unspecified atom stereocenters. The van der Waals surface area contributed by atoms with Gasteiger partial charge in [-0.1, -0.05) is 0 Å². The van der Waals surface area contributed by atoms with Crippen LogP contribution in [0.3, 0.4) is 0 Å². The summed E-state index contributed by atoms with van der Waals surface area (Å²) in [6.07, 6.45) is 2.69. The van der Waals surface area contributed by atoms with Crippen LogP contribution in [0.25, 0.3) is 0 Å². The highest BCUT2D eigenvalue weighted by Crippen LogP contribution is 2.16. The first-order chi connectivity index (χ1) is 11.6. The van der Waals surface area contributed by atoms with Crippen LogP contribution in [0.4, 0.5) is 0 Å². The van der Waals surface area contributed by atoms with Gasteiger partial charge in [-0.15, -0.1) is 0 Å². The maximum atomic E-state index is 12.4. The molecule has 1 N–H and O–H groups in total. The van der Waals surface area contributed by atoms with E-state index in [0.29, 0.717) is 50.2 Å². The van der Waals surface area contributed by atoms with Gasteiger partial charge in [-0.2, -0.15) is 5.10 Å². The number of ketones is 1. The summed E-state index contributed by atoms with van der Waals surface area (Å²) in [7, 11) is -3.21. The minimum Gasteiger partial charge on any atom is -0.343 e. The second kappa shape index (κ2) is 7.65. The van der Waals surface area contributed by atoms with Crippen LogP contribution in [0.5, 0.6) is 0 Å².